The van der Waals surface area contributed by atoms with E-state index in [9.17, 15) is 9.59 Å². The number of rotatable bonds is 3. The first-order chi connectivity index (χ1) is 9.70. The van der Waals surface area contributed by atoms with Gasteiger partial charge in [-0.15, -0.1) is 0 Å². The van der Waals surface area contributed by atoms with Crippen LogP contribution in [0, 0.1) is 11.3 Å². The molecule has 4 heteroatoms. The van der Waals surface area contributed by atoms with E-state index in [1.54, 1.807) is 6.92 Å². The Morgan fingerprint density at radius 3 is 2.85 bits per heavy atom. The minimum atomic E-state index is -1.07. The van der Waals surface area contributed by atoms with Crippen LogP contribution in [0.15, 0.2) is 30.3 Å². The third kappa shape index (κ3) is 1.74. The molecule has 0 amide bonds. The fraction of sp³-hybridized carbons (Fsp3) is 0.500. The molecule has 1 saturated heterocycles. The Labute approximate surface area is 118 Å². The standard InChI is InChI=1S/C16H18O4/c1-2-19-14(17)16-10-6-9-12(16)13(20-15(16)18)11-7-4-3-5-8-11/h3-5,7-8,12-13H,2,6,9-10H2,1H3/t12-,13+,16-/m1/s1. The third-order valence-corrected chi connectivity index (χ3v) is 4.45. The molecule has 1 aliphatic heterocycles. The molecular weight excluding hydrogens is 256 g/mol. The van der Waals surface area contributed by atoms with Crippen molar-refractivity contribution >= 4 is 11.9 Å². The van der Waals surface area contributed by atoms with Gasteiger partial charge < -0.3 is 9.47 Å². The number of carbonyl (C=O) groups is 2. The van der Waals surface area contributed by atoms with Gasteiger partial charge in [0.05, 0.1) is 6.61 Å². The van der Waals surface area contributed by atoms with Crippen molar-refractivity contribution in [3.05, 3.63) is 35.9 Å². The van der Waals surface area contributed by atoms with Crippen LogP contribution in [0.3, 0.4) is 0 Å². The first-order valence-electron chi connectivity index (χ1n) is 7.13. The predicted octanol–water partition coefficient (Wildman–Crippen LogP) is 2.63. The molecule has 0 aromatic heterocycles. The van der Waals surface area contributed by atoms with E-state index in [-0.39, 0.29) is 18.6 Å². The highest BCUT2D eigenvalue weighted by molar-refractivity contribution is 6.02. The molecule has 4 nitrogen and oxygen atoms in total. The van der Waals surface area contributed by atoms with Crippen LogP contribution in [0.1, 0.15) is 37.9 Å². The fourth-order valence-electron chi connectivity index (χ4n) is 3.54. The average molecular weight is 274 g/mol. The minimum Gasteiger partial charge on any atom is -0.465 e. The molecule has 0 bridgehead atoms. The van der Waals surface area contributed by atoms with Gasteiger partial charge in [-0.3, -0.25) is 9.59 Å². The minimum absolute atomic E-state index is 0.101. The molecule has 1 aromatic rings. The molecule has 1 heterocycles. The summed E-state index contributed by atoms with van der Waals surface area (Å²) in [6.45, 7) is 2.05. The zero-order chi connectivity index (χ0) is 14.2. The number of esters is 2. The molecule has 1 saturated carbocycles. The molecule has 3 rings (SSSR count). The second kappa shape index (κ2) is 4.93. The van der Waals surface area contributed by atoms with Crippen molar-refractivity contribution in [2.75, 3.05) is 6.61 Å². The van der Waals surface area contributed by atoms with Crippen LogP contribution in [-0.2, 0) is 19.1 Å². The van der Waals surface area contributed by atoms with E-state index in [0.717, 1.165) is 18.4 Å². The number of cyclic esters (lactones) is 1. The van der Waals surface area contributed by atoms with E-state index in [0.29, 0.717) is 6.42 Å². The summed E-state index contributed by atoms with van der Waals surface area (Å²) in [4.78, 5) is 24.7. The first kappa shape index (κ1) is 13.2. The van der Waals surface area contributed by atoms with Crippen LogP contribution in [0.2, 0.25) is 0 Å². The van der Waals surface area contributed by atoms with Gasteiger partial charge in [0, 0.05) is 5.92 Å². The van der Waals surface area contributed by atoms with Gasteiger partial charge in [0.1, 0.15) is 6.10 Å². The van der Waals surface area contributed by atoms with E-state index >= 15 is 0 Å². The number of benzene rings is 1. The summed E-state index contributed by atoms with van der Waals surface area (Å²) in [7, 11) is 0. The maximum absolute atomic E-state index is 12.4. The summed E-state index contributed by atoms with van der Waals surface area (Å²) in [5.74, 6) is -0.922. The Balaban J connectivity index is 1.96. The summed E-state index contributed by atoms with van der Waals surface area (Å²) in [5.41, 5.74) is -0.116. The van der Waals surface area contributed by atoms with E-state index < -0.39 is 17.4 Å². The summed E-state index contributed by atoms with van der Waals surface area (Å²) in [6.07, 6.45) is 1.90. The molecule has 0 N–H and O–H groups in total. The zero-order valence-electron chi connectivity index (χ0n) is 11.5. The SMILES string of the molecule is CCOC(=O)[C@@]12CCC[C@@H]1[C@H](c1ccccc1)OC2=O. The van der Waals surface area contributed by atoms with E-state index in [1.165, 1.54) is 0 Å². The lowest BCUT2D eigenvalue weighted by atomic mass is 9.76. The lowest BCUT2D eigenvalue weighted by Crippen LogP contribution is -2.39. The van der Waals surface area contributed by atoms with Crippen molar-refractivity contribution in [2.45, 2.75) is 32.3 Å². The van der Waals surface area contributed by atoms with Gasteiger partial charge in [-0.1, -0.05) is 36.8 Å². The molecular formula is C16H18O4. The van der Waals surface area contributed by atoms with Crippen LogP contribution in [-0.4, -0.2) is 18.5 Å². The molecule has 2 fully saturated rings. The van der Waals surface area contributed by atoms with Crippen molar-refractivity contribution in [1.82, 2.24) is 0 Å². The van der Waals surface area contributed by atoms with Gasteiger partial charge >= 0.3 is 11.9 Å². The van der Waals surface area contributed by atoms with Gasteiger partial charge in [0.25, 0.3) is 0 Å². The molecule has 0 unspecified atom stereocenters. The average Bonchev–Trinajstić information content (AvgIpc) is 3.01. The molecule has 0 spiro atoms. The number of fused-ring (bicyclic) bond motifs is 1. The molecule has 3 atom stereocenters. The number of ether oxygens (including phenoxy) is 2. The molecule has 2 aliphatic rings. The zero-order valence-corrected chi connectivity index (χ0v) is 11.5. The van der Waals surface area contributed by atoms with Crippen LogP contribution < -0.4 is 0 Å². The third-order valence-electron chi connectivity index (χ3n) is 4.45. The summed E-state index contributed by atoms with van der Waals surface area (Å²) in [6, 6.07) is 9.65. The predicted molar refractivity (Wildman–Crippen MR) is 71.7 cm³/mol. The largest absolute Gasteiger partial charge is 0.465 e. The topological polar surface area (TPSA) is 52.6 Å². The monoisotopic (exact) mass is 274 g/mol. The van der Waals surface area contributed by atoms with Crippen molar-refractivity contribution in [3.63, 3.8) is 0 Å². The van der Waals surface area contributed by atoms with Crippen LogP contribution >= 0.6 is 0 Å². The van der Waals surface area contributed by atoms with Crippen molar-refractivity contribution < 1.29 is 19.1 Å². The maximum atomic E-state index is 12.4. The van der Waals surface area contributed by atoms with Gasteiger partial charge in [-0.25, -0.2) is 0 Å². The molecule has 1 aromatic carbocycles. The highest BCUT2D eigenvalue weighted by atomic mass is 16.6. The van der Waals surface area contributed by atoms with Gasteiger partial charge in [0.2, 0.25) is 0 Å². The maximum Gasteiger partial charge on any atom is 0.324 e. The van der Waals surface area contributed by atoms with E-state index in [1.807, 2.05) is 30.3 Å². The summed E-state index contributed by atoms with van der Waals surface area (Å²) < 4.78 is 10.7. The molecule has 20 heavy (non-hydrogen) atoms. The summed E-state index contributed by atoms with van der Waals surface area (Å²) in [5, 5.41) is 0. The Bertz CT molecular complexity index is 525. The fourth-order valence-corrected chi connectivity index (χ4v) is 3.54. The smallest absolute Gasteiger partial charge is 0.324 e. The Morgan fingerprint density at radius 2 is 2.15 bits per heavy atom. The highest BCUT2D eigenvalue weighted by Gasteiger charge is 2.65. The normalized spacial score (nSPS) is 31.8. The lowest BCUT2D eigenvalue weighted by molar-refractivity contribution is -0.165. The second-order valence-electron chi connectivity index (χ2n) is 5.43. The van der Waals surface area contributed by atoms with Crippen molar-refractivity contribution in [1.29, 1.82) is 0 Å². The molecule has 1 aliphatic carbocycles. The van der Waals surface area contributed by atoms with Gasteiger partial charge in [-0.2, -0.15) is 0 Å². The van der Waals surface area contributed by atoms with Crippen LogP contribution in [0.5, 0.6) is 0 Å². The lowest BCUT2D eigenvalue weighted by Gasteiger charge is -2.23. The quantitative estimate of drug-likeness (QED) is 0.628. The van der Waals surface area contributed by atoms with Crippen LogP contribution in [0.25, 0.3) is 0 Å². The molecule has 0 radical (unpaired) electrons. The number of hydrogen-bond donors (Lipinski definition) is 0. The van der Waals surface area contributed by atoms with Crippen LogP contribution in [0.4, 0.5) is 0 Å². The Morgan fingerprint density at radius 1 is 1.40 bits per heavy atom. The highest BCUT2D eigenvalue weighted by Crippen LogP contribution is 2.57. The summed E-state index contributed by atoms with van der Waals surface area (Å²) >= 11 is 0. The first-order valence-corrected chi connectivity index (χ1v) is 7.13. The molecule has 106 valence electrons. The van der Waals surface area contributed by atoms with E-state index in [4.69, 9.17) is 9.47 Å². The Kier molecular flexibility index (Phi) is 3.24. The van der Waals surface area contributed by atoms with Crippen molar-refractivity contribution in [3.8, 4) is 0 Å². The van der Waals surface area contributed by atoms with E-state index in [2.05, 4.69) is 0 Å². The number of carbonyl (C=O) groups excluding carboxylic acids is 2. The Hall–Kier alpha value is -1.84. The van der Waals surface area contributed by atoms with Crippen molar-refractivity contribution in [2.24, 2.45) is 11.3 Å². The van der Waals surface area contributed by atoms with Gasteiger partial charge in [-0.05, 0) is 25.3 Å². The van der Waals surface area contributed by atoms with Gasteiger partial charge in [0.15, 0.2) is 5.41 Å². The second-order valence-corrected chi connectivity index (χ2v) is 5.43. The number of hydrogen-bond acceptors (Lipinski definition) is 4.